The number of hydrazone groups is 1. The topological polar surface area (TPSA) is 90.6 Å². The number of methoxy groups -OCH3 is 2. The second kappa shape index (κ2) is 12.1. The molecule has 190 valence electrons. The molecule has 1 N–H and O–H groups in total. The highest BCUT2D eigenvalue weighted by Gasteiger charge is 2.17. The van der Waals surface area contributed by atoms with E-state index in [1.165, 1.54) is 11.8 Å². The van der Waals surface area contributed by atoms with Crippen molar-refractivity contribution in [1.29, 1.82) is 0 Å². The Bertz CT molecular complexity index is 1420. The molecule has 0 radical (unpaired) electrons. The summed E-state index contributed by atoms with van der Waals surface area (Å²) in [7, 11) is 3.14. The maximum atomic E-state index is 12.6. The maximum Gasteiger partial charge on any atom is 0.250 e. The van der Waals surface area contributed by atoms with E-state index in [-0.39, 0.29) is 11.7 Å². The number of nitrogens with zero attached hydrogens (tertiary/aromatic N) is 4. The molecule has 0 atom stereocenters. The van der Waals surface area contributed by atoms with Gasteiger partial charge in [0, 0.05) is 26.9 Å². The number of carbonyl (C=O) groups excluding carboxylic acids is 1. The number of halogens is 2. The fourth-order valence-corrected chi connectivity index (χ4v) is 4.40. The summed E-state index contributed by atoms with van der Waals surface area (Å²) in [4.78, 5) is 12.6. The van der Waals surface area contributed by atoms with Gasteiger partial charge in [-0.1, -0.05) is 35.0 Å². The molecule has 0 saturated heterocycles. The standard InChI is InChI=1S/C26H23Cl2N5O3S/c1-16(18-6-13-22(35-2)23(14-18)36-3)29-30-24(34)15-37-26-32-31-25(17-4-7-19(27)8-5-17)33(26)21-11-9-20(28)10-12-21/h4-14H,15H2,1-3H3,(H,30,34)/b29-16-. The van der Waals surface area contributed by atoms with Gasteiger partial charge in [0.1, 0.15) is 0 Å². The minimum Gasteiger partial charge on any atom is -0.493 e. The lowest BCUT2D eigenvalue weighted by Gasteiger charge is -2.11. The Morgan fingerprint density at radius 2 is 1.59 bits per heavy atom. The first-order valence-corrected chi connectivity index (χ1v) is 12.8. The monoisotopic (exact) mass is 555 g/mol. The Morgan fingerprint density at radius 3 is 2.24 bits per heavy atom. The van der Waals surface area contributed by atoms with Gasteiger partial charge in [-0.3, -0.25) is 9.36 Å². The Balaban J connectivity index is 1.51. The smallest absolute Gasteiger partial charge is 0.250 e. The van der Waals surface area contributed by atoms with Gasteiger partial charge < -0.3 is 9.47 Å². The lowest BCUT2D eigenvalue weighted by molar-refractivity contribution is -0.118. The van der Waals surface area contributed by atoms with Gasteiger partial charge in [-0.05, 0) is 73.7 Å². The highest BCUT2D eigenvalue weighted by Crippen LogP contribution is 2.30. The average Bonchev–Trinajstić information content (AvgIpc) is 3.34. The normalized spacial score (nSPS) is 11.3. The van der Waals surface area contributed by atoms with E-state index in [1.54, 1.807) is 57.5 Å². The molecule has 11 heteroatoms. The second-order valence-corrected chi connectivity index (χ2v) is 9.53. The number of carbonyl (C=O) groups is 1. The van der Waals surface area contributed by atoms with Crippen LogP contribution in [0.5, 0.6) is 11.5 Å². The van der Waals surface area contributed by atoms with Crippen molar-refractivity contribution in [3.8, 4) is 28.6 Å². The maximum absolute atomic E-state index is 12.6. The number of ether oxygens (including phenoxy) is 2. The van der Waals surface area contributed by atoms with Gasteiger partial charge in [-0.25, -0.2) is 5.43 Å². The summed E-state index contributed by atoms with van der Waals surface area (Å²) in [5.74, 6) is 1.60. The van der Waals surface area contributed by atoms with Crippen molar-refractivity contribution in [2.24, 2.45) is 5.10 Å². The molecule has 37 heavy (non-hydrogen) atoms. The summed E-state index contributed by atoms with van der Waals surface area (Å²) in [6, 6.07) is 20.0. The Morgan fingerprint density at radius 1 is 0.946 bits per heavy atom. The van der Waals surface area contributed by atoms with Crippen LogP contribution in [-0.2, 0) is 4.79 Å². The summed E-state index contributed by atoms with van der Waals surface area (Å²) in [5.41, 5.74) is 5.65. The molecule has 0 aliphatic heterocycles. The van der Waals surface area contributed by atoms with Gasteiger partial charge in [-0.15, -0.1) is 10.2 Å². The van der Waals surface area contributed by atoms with Crippen molar-refractivity contribution in [2.75, 3.05) is 20.0 Å². The number of aromatic nitrogens is 3. The summed E-state index contributed by atoms with van der Waals surface area (Å²) in [6.07, 6.45) is 0. The molecule has 4 aromatic rings. The van der Waals surface area contributed by atoms with E-state index >= 15 is 0 Å². The van der Waals surface area contributed by atoms with Crippen LogP contribution >= 0.6 is 35.0 Å². The fourth-order valence-electron chi connectivity index (χ4n) is 3.41. The van der Waals surface area contributed by atoms with E-state index in [0.29, 0.717) is 38.2 Å². The number of amides is 1. The Kier molecular flexibility index (Phi) is 8.70. The molecule has 4 rings (SSSR count). The zero-order chi connectivity index (χ0) is 26.4. The van der Waals surface area contributed by atoms with E-state index in [1.807, 2.05) is 34.9 Å². The number of nitrogens with one attached hydrogen (secondary N) is 1. The summed E-state index contributed by atoms with van der Waals surface area (Å²) in [5, 5.41) is 14.7. The molecule has 0 fully saturated rings. The number of hydrogen-bond donors (Lipinski definition) is 1. The first kappa shape index (κ1) is 26.5. The zero-order valence-electron chi connectivity index (χ0n) is 20.2. The molecule has 0 unspecified atom stereocenters. The summed E-state index contributed by atoms with van der Waals surface area (Å²) < 4.78 is 12.5. The summed E-state index contributed by atoms with van der Waals surface area (Å²) in [6.45, 7) is 1.80. The SMILES string of the molecule is COc1ccc(/C(C)=N\NC(=O)CSc2nnc(-c3ccc(Cl)cc3)n2-c2ccc(Cl)cc2)cc1OC. The van der Waals surface area contributed by atoms with Gasteiger partial charge in [0.2, 0.25) is 0 Å². The molecule has 3 aromatic carbocycles. The highest BCUT2D eigenvalue weighted by molar-refractivity contribution is 7.99. The van der Waals surface area contributed by atoms with Crippen LogP contribution in [0.4, 0.5) is 0 Å². The van der Waals surface area contributed by atoms with Gasteiger partial charge in [-0.2, -0.15) is 5.10 Å². The lowest BCUT2D eigenvalue weighted by atomic mass is 10.1. The predicted molar refractivity (Wildman–Crippen MR) is 147 cm³/mol. The molecule has 0 bridgehead atoms. The zero-order valence-corrected chi connectivity index (χ0v) is 22.6. The third-order valence-electron chi connectivity index (χ3n) is 5.30. The van der Waals surface area contributed by atoms with Crippen LogP contribution in [0, 0.1) is 0 Å². The summed E-state index contributed by atoms with van der Waals surface area (Å²) >= 11 is 13.4. The van der Waals surface area contributed by atoms with Gasteiger partial charge in [0.15, 0.2) is 22.5 Å². The van der Waals surface area contributed by atoms with Gasteiger partial charge >= 0.3 is 0 Å². The molecule has 1 aromatic heterocycles. The van der Waals surface area contributed by atoms with E-state index in [4.69, 9.17) is 32.7 Å². The van der Waals surface area contributed by atoms with Crippen molar-refractivity contribution >= 4 is 46.6 Å². The van der Waals surface area contributed by atoms with Crippen LogP contribution < -0.4 is 14.9 Å². The first-order valence-electron chi connectivity index (χ1n) is 11.0. The second-order valence-electron chi connectivity index (χ2n) is 7.72. The quantitative estimate of drug-likeness (QED) is 0.157. The third kappa shape index (κ3) is 6.43. The van der Waals surface area contributed by atoms with Gasteiger partial charge in [0.25, 0.3) is 5.91 Å². The molecule has 0 spiro atoms. The Labute approximate surface area is 228 Å². The predicted octanol–water partition coefficient (Wildman–Crippen LogP) is 5.89. The molecular weight excluding hydrogens is 533 g/mol. The van der Waals surface area contributed by atoms with E-state index in [9.17, 15) is 4.79 Å². The fraction of sp³-hybridized carbons (Fsp3) is 0.154. The molecule has 0 aliphatic carbocycles. The Hall–Kier alpha value is -3.53. The molecule has 1 amide bonds. The van der Waals surface area contributed by atoms with Crippen molar-refractivity contribution < 1.29 is 14.3 Å². The average molecular weight is 556 g/mol. The first-order chi connectivity index (χ1) is 17.9. The van der Waals surface area contributed by atoms with Crippen LogP contribution in [0.3, 0.4) is 0 Å². The number of benzene rings is 3. The van der Waals surface area contributed by atoms with Crippen LogP contribution in [0.1, 0.15) is 12.5 Å². The van der Waals surface area contributed by atoms with E-state index < -0.39 is 0 Å². The molecule has 0 aliphatic rings. The van der Waals surface area contributed by atoms with Crippen molar-refractivity contribution in [2.45, 2.75) is 12.1 Å². The van der Waals surface area contributed by atoms with E-state index in [2.05, 4.69) is 20.7 Å². The highest BCUT2D eigenvalue weighted by atomic mass is 35.5. The van der Waals surface area contributed by atoms with Crippen molar-refractivity contribution in [3.05, 3.63) is 82.3 Å². The van der Waals surface area contributed by atoms with Crippen LogP contribution in [0.25, 0.3) is 17.1 Å². The van der Waals surface area contributed by atoms with Crippen LogP contribution in [-0.4, -0.2) is 46.4 Å². The minimum absolute atomic E-state index is 0.0784. The molecule has 1 heterocycles. The molecule has 8 nitrogen and oxygen atoms in total. The lowest BCUT2D eigenvalue weighted by Crippen LogP contribution is -2.21. The third-order valence-corrected chi connectivity index (χ3v) is 6.74. The van der Waals surface area contributed by atoms with Gasteiger partial charge in [0.05, 0.1) is 25.7 Å². The number of rotatable bonds is 9. The van der Waals surface area contributed by atoms with Crippen molar-refractivity contribution in [1.82, 2.24) is 20.2 Å². The number of thioether (sulfide) groups is 1. The number of hydrogen-bond acceptors (Lipinski definition) is 7. The van der Waals surface area contributed by atoms with Crippen molar-refractivity contribution in [3.63, 3.8) is 0 Å². The molecule has 0 saturated carbocycles. The largest absolute Gasteiger partial charge is 0.493 e. The van der Waals surface area contributed by atoms with E-state index in [0.717, 1.165) is 16.8 Å². The minimum atomic E-state index is -0.288. The van der Waals surface area contributed by atoms with Crippen LogP contribution in [0.15, 0.2) is 77.0 Å². The van der Waals surface area contributed by atoms with Crippen LogP contribution in [0.2, 0.25) is 10.0 Å². The molecular formula is C26H23Cl2N5O3S.